The Labute approximate surface area is 126 Å². The number of halogens is 3. The summed E-state index contributed by atoms with van der Waals surface area (Å²) >= 11 is 6.00. The fourth-order valence-corrected chi connectivity index (χ4v) is 2.45. The van der Waals surface area contributed by atoms with Crippen LogP contribution in [0.15, 0.2) is 36.4 Å². The first-order valence-electron chi connectivity index (χ1n) is 6.30. The van der Waals surface area contributed by atoms with Gasteiger partial charge in [-0.15, -0.1) is 0 Å². The second kappa shape index (κ2) is 6.85. The van der Waals surface area contributed by atoms with Crippen molar-refractivity contribution in [1.29, 1.82) is 0 Å². The van der Waals surface area contributed by atoms with Crippen LogP contribution in [0.1, 0.15) is 17.2 Å². The molecule has 0 heterocycles. The van der Waals surface area contributed by atoms with E-state index in [1.54, 1.807) is 12.1 Å². The van der Waals surface area contributed by atoms with E-state index in [1.807, 2.05) is 0 Å². The molecule has 0 radical (unpaired) electrons. The van der Waals surface area contributed by atoms with Crippen LogP contribution < -0.4 is 16.0 Å². The van der Waals surface area contributed by atoms with Gasteiger partial charge in [0.1, 0.15) is 17.4 Å². The summed E-state index contributed by atoms with van der Waals surface area (Å²) in [6, 6.07) is 8.16. The van der Waals surface area contributed by atoms with Crippen molar-refractivity contribution in [3.63, 3.8) is 0 Å². The van der Waals surface area contributed by atoms with Crippen LogP contribution >= 0.6 is 11.6 Å². The maximum Gasteiger partial charge on any atom is 0.131 e. The quantitative estimate of drug-likeness (QED) is 0.657. The van der Waals surface area contributed by atoms with Gasteiger partial charge < -0.3 is 4.74 Å². The monoisotopic (exact) mass is 312 g/mol. The molecule has 0 saturated carbocycles. The first-order valence-corrected chi connectivity index (χ1v) is 6.67. The largest absolute Gasteiger partial charge is 0.496 e. The van der Waals surface area contributed by atoms with Gasteiger partial charge in [-0.3, -0.25) is 11.3 Å². The molecule has 0 saturated heterocycles. The smallest absolute Gasteiger partial charge is 0.131 e. The van der Waals surface area contributed by atoms with Crippen LogP contribution in [-0.4, -0.2) is 7.11 Å². The molecule has 0 aromatic heterocycles. The van der Waals surface area contributed by atoms with Crippen LogP contribution in [0.3, 0.4) is 0 Å². The van der Waals surface area contributed by atoms with Crippen LogP contribution in [0.25, 0.3) is 0 Å². The van der Waals surface area contributed by atoms with Gasteiger partial charge in [0.05, 0.1) is 13.2 Å². The third kappa shape index (κ3) is 3.32. The van der Waals surface area contributed by atoms with Gasteiger partial charge in [0.15, 0.2) is 0 Å². The molecule has 0 spiro atoms. The number of nitrogens with two attached hydrogens (primary N) is 1. The molecule has 0 aliphatic heterocycles. The Morgan fingerprint density at radius 2 is 1.86 bits per heavy atom. The molecular weight excluding hydrogens is 298 g/mol. The number of hydrogen-bond acceptors (Lipinski definition) is 3. The SMILES string of the molecule is COc1cccc(F)c1C(Cc1c(F)cccc1Cl)NN. The highest BCUT2D eigenvalue weighted by molar-refractivity contribution is 6.31. The van der Waals surface area contributed by atoms with Crippen molar-refractivity contribution < 1.29 is 13.5 Å². The normalized spacial score (nSPS) is 12.2. The van der Waals surface area contributed by atoms with Gasteiger partial charge in [0.25, 0.3) is 0 Å². The lowest BCUT2D eigenvalue weighted by atomic mass is 9.97. The molecule has 2 rings (SSSR count). The van der Waals surface area contributed by atoms with E-state index in [-0.39, 0.29) is 22.6 Å². The average molecular weight is 313 g/mol. The van der Waals surface area contributed by atoms with Crippen molar-refractivity contribution in [2.45, 2.75) is 12.5 Å². The number of benzene rings is 2. The Balaban J connectivity index is 2.42. The lowest BCUT2D eigenvalue weighted by molar-refractivity contribution is 0.389. The average Bonchev–Trinajstić information content (AvgIpc) is 2.47. The molecule has 21 heavy (non-hydrogen) atoms. The molecule has 6 heteroatoms. The van der Waals surface area contributed by atoms with Crippen molar-refractivity contribution in [2.75, 3.05) is 7.11 Å². The van der Waals surface area contributed by atoms with Gasteiger partial charge in [-0.05, 0) is 30.7 Å². The summed E-state index contributed by atoms with van der Waals surface area (Å²) in [7, 11) is 1.43. The second-order valence-corrected chi connectivity index (χ2v) is 4.89. The zero-order valence-electron chi connectivity index (χ0n) is 11.4. The minimum absolute atomic E-state index is 0.0965. The van der Waals surface area contributed by atoms with Gasteiger partial charge in [0, 0.05) is 16.1 Å². The van der Waals surface area contributed by atoms with E-state index in [2.05, 4.69) is 5.43 Å². The highest BCUT2D eigenvalue weighted by atomic mass is 35.5. The maximum absolute atomic E-state index is 14.1. The Kier molecular flexibility index (Phi) is 5.12. The van der Waals surface area contributed by atoms with E-state index in [0.29, 0.717) is 5.75 Å². The zero-order valence-corrected chi connectivity index (χ0v) is 12.1. The minimum atomic E-state index is -0.671. The molecule has 0 amide bonds. The molecule has 0 aliphatic carbocycles. The lowest BCUT2D eigenvalue weighted by Crippen LogP contribution is -2.31. The highest BCUT2D eigenvalue weighted by Gasteiger charge is 2.22. The molecular formula is C15H15ClF2N2O. The number of ether oxygens (including phenoxy) is 1. The number of hydrogen-bond donors (Lipinski definition) is 2. The number of rotatable bonds is 5. The molecule has 0 aliphatic rings. The number of hydrazine groups is 1. The van der Waals surface area contributed by atoms with Gasteiger partial charge >= 0.3 is 0 Å². The first kappa shape index (κ1) is 15.7. The summed E-state index contributed by atoms with van der Waals surface area (Å²) in [6.07, 6.45) is 0.0965. The standard InChI is InChI=1S/C15H15ClF2N2O/c1-21-14-7-3-6-12(18)15(14)13(20-19)8-9-10(16)4-2-5-11(9)17/h2-7,13,20H,8,19H2,1H3. The fourth-order valence-electron chi connectivity index (χ4n) is 2.21. The zero-order chi connectivity index (χ0) is 15.4. The Morgan fingerprint density at radius 1 is 1.19 bits per heavy atom. The topological polar surface area (TPSA) is 47.3 Å². The van der Waals surface area contributed by atoms with Crippen molar-refractivity contribution >= 4 is 11.6 Å². The van der Waals surface area contributed by atoms with Crippen molar-refractivity contribution in [1.82, 2.24) is 5.43 Å². The van der Waals surface area contributed by atoms with Gasteiger partial charge in [-0.2, -0.15) is 0 Å². The molecule has 3 nitrogen and oxygen atoms in total. The Morgan fingerprint density at radius 3 is 2.48 bits per heavy atom. The molecule has 112 valence electrons. The number of methoxy groups -OCH3 is 1. The molecule has 3 N–H and O–H groups in total. The van der Waals surface area contributed by atoms with Crippen LogP contribution in [0.5, 0.6) is 5.75 Å². The number of nitrogens with one attached hydrogen (secondary N) is 1. The summed E-state index contributed by atoms with van der Waals surface area (Å²) in [5.74, 6) is 4.90. The predicted molar refractivity (Wildman–Crippen MR) is 78.1 cm³/mol. The fraction of sp³-hybridized carbons (Fsp3) is 0.200. The molecule has 1 atom stereocenters. The van der Waals surface area contributed by atoms with E-state index >= 15 is 0 Å². The highest BCUT2D eigenvalue weighted by Crippen LogP contribution is 2.32. The van der Waals surface area contributed by atoms with E-state index < -0.39 is 17.7 Å². The second-order valence-electron chi connectivity index (χ2n) is 4.48. The van der Waals surface area contributed by atoms with E-state index in [9.17, 15) is 8.78 Å². The van der Waals surface area contributed by atoms with E-state index in [0.717, 1.165) is 0 Å². The van der Waals surface area contributed by atoms with Gasteiger partial charge in [0.2, 0.25) is 0 Å². The predicted octanol–water partition coefficient (Wildman–Crippen LogP) is 3.37. The summed E-state index contributed by atoms with van der Waals surface area (Å²) < 4.78 is 33.1. The summed E-state index contributed by atoms with van der Waals surface area (Å²) in [4.78, 5) is 0. The summed E-state index contributed by atoms with van der Waals surface area (Å²) in [6.45, 7) is 0. The van der Waals surface area contributed by atoms with Crippen molar-refractivity contribution in [2.24, 2.45) is 5.84 Å². The minimum Gasteiger partial charge on any atom is -0.496 e. The summed E-state index contributed by atoms with van der Waals surface area (Å²) in [5, 5.41) is 0.269. The first-order chi connectivity index (χ1) is 10.1. The van der Waals surface area contributed by atoms with E-state index in [4.69, 9.17) is 22.2 Å². The molecule has 0 bridgehead atoms. The van der Waals surface area contributed by atoms with Crippen LogP contribution in [0.2, 0.25) is 5.02 Å². The van der Waals surface area contributed by atoms with Crippen LogP contribution in [-0.2, 0) is 6.42 Å². The van der Waals surface area contributed by atoms with Crippen molar-refractivity contribution in [3.05, 3.63) is 64.2 Å². The van der Waals surface area contributed by atoms with Gasteiger partial charge in [-0.25, -0.2) is 8.78 Å². The molecule has 0 fully saturated rings. The molecule has 2 aromatic rings. The van der Waals surface area contributed by atoms with Crippen LogP contribution in [0.4, 0.5) is 8.78 Å². The van der Waals surface area contributed by atoms with Crippen LogP contribution in [0, 0.1) is 11.6 Å². The Hall–Kier alpha value is -1.69. The maximum atomic E-state index is 14.1. The molecule has 1 unspecified atom stereocenters. The van der Waals surface area contributed by atoms with Crippen molar-refractivity contribution in [3.8, 4) is 5.75 Å². The third-order valence-corrected chi connectivity index (χ3v) is 3.61. The van der Waals surface area contributed by atoms with E-state index in [1.165, 1.54) is 31.4 Å². The molecule has 2 aromatic carbocycles. The Bertz CT molecular complexity index is 617. The third-order valence-electron chi connectivity index (χ3n) is 3.25. The summed E-state index contributed by atoms with van der Waals surface area (Å²) in [5.41, 5.74) is 3.00. The van der Waals surface area contributed by atoms with Gasteiger partial charge in [-0.1, -0.05) is 23.7 Å². The lowest BCUT2D eigenvalue weighted by Gasteiger charge is -2.20.